The molecular formula is C24H20N4O2S. The molecular weight excluding hydrogens is 408 g/mol. The van der Waals surface area contributed by atoms with E-state index in [1.54, 1.807) is 6.20 Å². The number of para-hydroxylation sites is 1. The number of fused-ring (bicyclic) bond motifs is 2. The minimum absolute atomic E-state index is 0.117. The Hall–Kier alpha value is -3.71. The number of benzene rings is 3. The summed E-state index contributed by atoms with van der Waals surface area (Å²) in [6, 6.07) is 22.0. The molecule has 2 aromatic heterocycles. The molecule has 31 heavy (non-hydrogen) atoms. The molecule has 0 spiro atoms. The van der Waals surface area contributed by atoms with Gasteiger partial charge in [-0.05, 0) is 35.4 Å². The summed E-state index contributed by atoms with van der Waals surface area (Å²) >= 11 is 1.49. The number of nitrogens with zero attached hydrogens (tertiary/aromatic N) is 2. The minimum Gasteiger partial charge on any atom is -0.462 e. The Kier molecular flexibility index (Phi) is 5.09. The molecule has 5 rings (SSSR count). The van der Waals surface area contributed by atoms with Gasteiger partial charge in [0, 0.05) is 0 Å². The number of aromatic nitrogens is 3. The molecule has 0 saturated heterocycles. The standard InChI is InChI=1S/C24H20N4O2S/c1-15(30-24-26-20-11-4-5-12-21(20)31-24)19-14-25-28-23(19)27-22(29)13-17-9-6-8-16-7-2-3-10-18(16)17/h2-12,14-15H,13H2,1H3,(H2,25,27,28,29). The Bertz CT molecular complexity index is 1340. The molecule has 2 heterocycles. The molecule has 0 aliphatic heterocycles. The fourth-order valence-electron chi connectivity index (χ4n) is 3.62. The first-order chi connectivity index (χ1) is 15.2. The van der Waals surface area contributed by atoms with Crippen LogP contribution in [0.2, 0.25) is 0 Å². The molecule has 0 aliphatic carbocycles. The Balaban J connectivity index is 1.30. The van der Waals surface area contributed by atoms with Crippen molar-refractivity contribution in [2.24, 2.45) is 0 Å². The van der Waals surface area contributed by atoms with Crippen LogP contribution in [0.5, 0.6) is 5.19 Å². The predicted octanol–water partition coefficient (Wildman–Crippen LogP) is 5.49. The number of rotatable bonds is 6. The summed E-state index contributed by atoms with van der Waals surface area (Å²) in [6.07, 6.45) is 1.62. The van der Waals surface area contributed by atoms with Crippen molar-refractivity contribution in [1.29, 1.82) is 0 Å². The van der Waals surface area contributed by atoms with Crippen LogP contribution in [0, 0.1) is 0 Å². The summed E-state index contributed by atoms with van der Waals surface area (Å²) in [6.45, 7) is 1.91. The summed E-state index contributed by atoms with van der Waals surface area (Å²) < 4.78 is 7.11. The number of thiazole rings is 1. The van der Waals surface area contributed by atoms with Gasteiger partial charge in [-0.1, -0.05) is 65.9 Å². The lowest BCUT2D eigenvalue weighted by Gasteiger charge is -2.13. The number of hydrogen-bond acceptors (Lipinski definition) is 5. The average molecular weight is 429 g/mol. The second kappa shape index (κ2) is 8.20. The largest absolute Gasteiger partial charge is 0.462 e. The van der Waals surface area contributed by atoms with E-state index in [0.29, 0.717) is 11.0 Å². The Morgan fingerprint density at radius 2 is 1.90 bits per heavy atom. The Labute approximate surface area is 182 Å². The van der Waals surface area contributed by atoms with Crippen LogP contribution >= 0.6 is 11.3 Å². The number of carbonyl (C=O) groups is 1. The first-order valence-electron chi connectivity index (χ1n) is 9.99. The molecule has 0 bridgehead atoms. The van der Waals surface area contributed by atoms with E-state index in [4.69, 9.17) is 4.74 Å². The monoisotopic (exact) mass is 428 g/mol. The summed E-state index contributed by atoms with van der Waals surface area (Å²) in [5.41, 5.74) is 2.66. The van der Waals surface area contributed by atoms with E-state index in [2.05, 4.69) is 20.5 Å². The zero-order chi connectivity index (χ0) is 21.2. The second-order valence-electron chi connectivity index (χ2n) is 7.27. The van der Waals surface area contributed by atoms with E-state index in [1.165, 1.54) is 11.3 Å². The molecule has 7 heteroatoms. The molecule has 1 amide bonds. The van der Waals surface area contributed by atoms with Gasteiger partial charge in [0.15, 0.2) is 0 Å². The lowest BCUT2D eigenvalue weighted by Crippen LogP contribution is -2.17. The normalized spacial score (nSPS) is 12.2. The summed E-state index contributed by atoms with van der Waals surface area (Å²) in [4.78, 5) is 17.3. The van der Waals surface area contributed by atoms with E-state index in [1.807, 2.05) is 73.7 Å². The maximum atomic E-state index is 12.8. The summed E-state index contributed by atoms with van der Waals surface area (Å²) in [5.74, 6) is 0.424. The molecule has 0 aliphatic rings. The summed E-state index contributed by atoms with van der Waals surface area (Å²) in [7, 11) is 0. The third kappa shape index (κ3) is 4.00. The van der Waals surface area contributed by atoms with Gasteiger partial charge in [-0.25, -0.2) is 4.98 Å². The quantitative estimate of drug-likeness (QED) is 0.375. The van der Waals surface area contributed by atoms with Gasteiger partial charge in [-0.15, -0.1) is 0 Å². The number of amides is 1. The smallest absolute Gasteiger partial charge is 0.274 e. The number of aromatic amines is 1. The van der Waals surface area contributed by atoms with Crippen molar-refractivity contribution < 1.29 is 9.53 Å². The number of anilines is 1. The fraction of sp³-hybridized carbons (Fsp3) is 0.125. The van der Waals surface area contributed by atoms with Crippen LogP contribution in [0.4, 0.5) is 5.82 Å². The molecule has 6 nitrogen and oxygen atoms in total. The third-order valence-electron chi connectivity index (χ3n) is 5.15. The van der Waals surface area contributed by atoms with Crippen molar-refractivity contribution in [3.8, 4) is 5.19 Å². The zero-order valence-electron chi connectivity index (χ0n) is 16.8. The van der Waals surface area contributed by atoms with Crippen LogP contribution in [0.15, 0.2) is 72.9 Å². The molecule has 1 atom stereocenters. The van der Waals surface area contributed by atoms with Crippen molar-refractivity contribution in [2.45, 2.75) is 19.4 Å². The molecule has 3 aromatic carbocycles. The van der Waals surface area contributed by atoms with Crippen molar-refractivity contribution >= 4 is 44.1 Å². The highest BCUT2D eigenvalue weighted by molar-refractivity contribution is 7.20. The minimum atomic E-state index is -0.327. The number of ether oxygens (including phenoxy) is 1. The van der Waals surface area contributed by atoms with Crippen molar-refractivity contribution in [1.82, 2.24) is 15.2 Å². The van der Waals surface area contributed by atoms with Gasteiger partial charge in [0.25, 0.3) is 5.19 Å². The highest BCUT2D eigenvalue weighted by Gasteiger charge is 2.18. The average Bonchev–Trinajstić information content (AvgIpc) is 3.40. The van der Waals surface area contributed by atoms with Crippen molar-refractivity contribution in [2.75, 3.05) is 5.32 Å². The van der Waals surface area contributed by atoms with Crippen LogP contribution in [-0.2, 0) is 11.2 Å². The van der Waals surface area contributed by atoms with Gasteiger partial charge < -0.3 is 10.1 Å². The van der Waals surface area contributed by atoms with Gasteiger partial charge in [-0.3, -0.25) is 9.89 Å². The lowest BCUT2D eigenvalue weighted by atomic mass is 10.0. The fourth-order valence-corrected chi connectivity index (χ4v) is 4.51. The topological polar surface area (TPSA) is 79.9 Å². The van der Waals surface area contributed by atoms with Crippen molar-refractivity contribution in [3.05, 3.63) is 84.1 Å². The van der Waals surface area contributed by atoms with Gasteiger partial charge in [0.1, 0.15) is 11.9 Å². The highest BCUT2D eigenvalue weighted by atomic mass is 32.1. The number of carbonyl (C=O) groups excluding carboxylic acids is 1. The van der Waals surface area contributed by atoms with Crippen molar-refractivity contribution in [3.63, 3.8) is 0 Å². The zero-order valence-corrected chi connectivity index (χ0v) is 17.6. The molecule has 5 aromatic rings. The third-order valence-corrected chi connectivity index (χ3v) is 6.08. The van der Waals surface area contributed by atoms with Crippen LogP contribution in [0.3, 0.4) is 0 Å². The second-order valence-corrected chi connectivity index (χ2v) is 8.26. The van der Waals surface area contributed by atoms with Crippen LogP contribution in [0.1, 0.15) is 24.2 Å². The number of nitrogens with one attached hydrogen (secondary N) is 2. The molecule has 0 saturated carbocycles. The Morgan fingerprint density at radius 1 is 1.10 bits per heavy atom. The SMILES string of the molecule is CC(Oc1nc2ccccc2s1)c1cn[nH]c1NC(=O)Cc1cccc2ccccc12. The van der Waals surface area contributed by atoms with Gasteiger partial charge >= 0.3 is 0 Å². The first-order valence-corrected chi connectivity index (χ1v) is 10.8. The molecule has 1 unspecified atom stereocenters. The van der Waals surface area contributed by atoms with E-state index in [0.717, 1.165) is 32.1 Å². The number of hydrogen-bond donors (Lipinski definition) is 2. The van der Waals surface area contributed by atoms with Gasteiger partial charge in [0.05, 0.1) is 28.4 Å². The lowest BCUT2D eigenvalue weighted by molar-refractivity contribution is -0.115. The highest BCUT2D eigenvalue weighted by Crippen LogP contribution is 2.32. The molecule has 154 valence electrons. The van der Waals surface area contributed by atoms with E-state index in [-0.39, 0.29) is 18.4 Å². The van der Waals surface area contributed by atoms with Gasteiger partial charge in [0.2, 0.25) is 5.91 Å². The Morgan fingerprint density at radius 3 is 2.81 bits per heavy atom. The van der Waals surface area contributed by atoms with Crippen LogP contribution in [-0.4, -0.2) is 21.1 Å². The maximum Gasteiger partial charge on any atom is 0.274 e. The molecule has 0 fully saturated rings. The first kappa shape index (κ1) is 19.3. The van der Waals surface area contributed by atoms with Gasteiger partial charge in [-0.2, -0.15) is 5.10 Å². The van der Waals surface area contributed by atoms with E-state index < -0.39 is 0 Å². The van der Waals surface area contributed by atoms with E-state index in [9.17, 15) is 4.79 Å². The molecule has 2 N–H and O–H groups in total. The molecule has 0 radical (unpaired) electrons. The van der Waals surface area contributed by atoms with Crippen LogP contribution < -0.4 is 10.1 Å². The number of H-pyrrole nitrogens is 1. The maximum absolute atomic E-state index is 12.8. The van der Waals surface area contributed by atoms with E-state index >= 15 is 0 Å². The van der Waals surface area contributed by atoms with Crippen LogP contribution in [0.25, 0.3) is 21.0 Å². The summed E-state index contributed by atoms with van der Waals surface area (Å²) in [5, 5.41) is 12.7. The predicted molar refractivity (Wildman–Crippen MR) is 124 cm³/mol.